The first-order chi connectivity index (χ1) is 23.0. The van der Waals surface area contributed by atoms with E-state index in [-0.39, 0.29) is 24.1 Å². The summed E-state index contributed by atoms with van der Waals surface area (Å²) in [5.41, 5.74) is -0.0416. The van der Waals surface area contributed by atoms with Gasteiger partial charge in [-0.15, -0.1) is 8.78 Å². The maximum absolute atomic E-state index is 13.2. The molecular formula is C33H33ClF2N8O4. The molecule has 48 heavy (non-hydrogen) atoms. The zero-order chi connectivity index (χ0) is 33.8. The molecule has 6 rings (SSSR count). The number of benzene rings is 2. The molecule has 0 atom stereocenters. The van der Waals surface area contributed by atoms with Gasteiger partial charge in [-0.25, -0.2) is 9.78 Å². The number of amides is 4. The molecule has 2 aromatic heterocycles. The minimum Gasteiger partial charge on any atom is -0.420 e. The van der Waals surface area contributed by atoms with Crippen LogP contribution in [0.15, 0.2) is 73.1 Å². The van der Waals surface area contributed by atoms with Crippen molar-refractivity contribution in [2.24, 2.45) is 0 Å². The predicted molar refractivity (Wildman–Crippen MR) is 176 cm³/mol. The van der Waals surface area contributed by atoms with Gasteiger partial charge in [0.25, 0.3) is 5.91 Å². The van der Waals surface area contributed by atoms with Gasteiger partial charge in [0.1, 0.15) is 11.6 Å². The first-order valence-corrected chi connectivity index (χ1v) is 15.7. The van der Waals surface area contributed by atoms with Gasteiger partial charge in [-0.05, 0) is 67.9 Å². The third-order valence-corrected chi connectivity index (χ3v) is 8.47. The number of piperidine rings is 1. The van der Waals surface area contributed by atoms with Crippen LogP contribution in [0.5, 0.6) is 5.75 Å². The van der Waals surface area contributed by atoms with Crippen LogP contribution in [0.2, 0.25) is 0 Å². The smallest absolute Gasteiger partial charge is 0.420 e. The average molecular weight is 679 g/mol. The zero-order valence-corrected chi connectivity index (χ0v) is 26.7. The van der Waals surface area contributed by atoms with E-state index in [2.05, 4.69) is 42.4 Å². The Balaban J connectivity index is 1.12. The fourth-order valence-corrected chi connectivity index (χ4v) is 6.08. The van der Waals surface area contributed by atoms with E-state index in [0.717, 1.165) is 37.2 Å². The van der Waals surface area contributed by atoms with Crippen LogP contribution in [0.1, 0.15) is 35.2 Å². The van der Waals surface area contributed by atoms with E-state index in [1.54, 1.807) is 17.2 Å². The minimum atomic E-state index is -3.84. The number of imide groups is 1. The highest BCUT2D eigenvalue weighted by Crippen LogP contribution is 2.33. The van der Waals surface area contributed by atoms with Crippen LogP contribution in [-0.2, 0) is 11.3 Å². The summed E-state index contributed by atoms with van der Waals surface area (Å²) in [6, 6.07) is 16.6. The van der Waals surface area contributed by atoms with Crippen molar-refractivity contribution in [1.29, 1.82) is 0 Å². The Kier molecular flexibility index (Phi) is 9.55. The van der Waals surface area contributed by atoms with E-state index >= 15 is 0 Å². The van der Waals surface area contributed by atoms with Crippen molar-refractivity contribution >= 4 is 46.6 Å². The highest BCUT2D eigenvalue weighted by atomic mass is 35.5. The Bertz CT molecular complexity index is 1780. The van der Waals surface area contributed by atoms with Crippen molar-refractivity contribution in [3.05, 3.63) is 84.2 Å². The van der Waals surface area contributed by atoms with Crippen LogP contribution in [0.4, 0.5) is 30.8 Å². The molecule has 4 aromatic rings. The van der Waals surface area contributed by atoms with Crippen LogP contribution in [-0.4, -0.2) is 76.2 Å². The zero-order valence-electron chi connectivity index (χ0n) is 26.0. The number of rotatable bonds is 10. The number of hydrogen-bond acceptors (Lipinski definition) is 8. The highest BCUT2D eigenvalue weighted by Gasteiger charge is 2.30. The van der Waals surface area contributed by atoms with Gasteiger partial charge in [0.15, 0.2) is 0 Å². The molecule has 250 valence electrons. The van der Waals surface area contributed by atoms with Crippen molar-refractivity contribution in [3.8, 4) is 17.0 Å². The van der Waals surface area contributed by atoms with Crippen molar-refractivity contribution in [3.63, 3.8) is 0 Å². The number of halogens is 3. The van der Waals surface area contributed by atoms with Crippen LogP contribution < -0.4 is 25.2 Å². The van der Waals surface area contributed by atoms with Crippen LogP contribution >= 0.6 is 11.6 Å². The van der Waals surface area contributed by atoms with Gasteiger partial charge in [-0.1, -0.05) is 18.2 Å². The third kappa shape index (κ3) is 7.72. The number of aromatic nitrogens is 3. The topological polar surface area (TPSA) is 136 Å². The van der Waals surface area contributed by atoms with Crippen molar-refractivity contribution in [2.45, 2.75) is 37.4 Å². The second-order valence-corrected chi connectivity index (χ2v) is 12.0. The molecule has 2 aliphatic heterocycles. The van der Waals surface area contributed by atoms with Gasteiger partial charge in [0.2, 0.25) is 5.91 Å². The van der Waals surface area contributed by atoms with Gasteiger partial charge in [0.05, 0.1) is 11.3 Å². The summed E-state index contributed by atoms with van der Waals surface area (Å²) in [4.78, 5) is 48.1. The van der Waals surface area contributed by atoms with E-state index in [4.69, 9.17) is 16.6 Å². The highest BCUT2D eigenvalue weighted by molar-refractivity contribution is 6.20. The minimum absolute atomic E-state index is 0.148. The number of alkyl halides is 3. The Morgan fingerprint density at radius 3 is 2.54 bits per heavy atom. The number of anilines is 3. The molecular weight excluding hydrogens is 646 g/mol. The van der Waals surface area contributed by atoms with Crippen molar-refractivity contribution in [1.82, 2.24) is 25.4 Å². The van der Waals surface area contributed by atoms with Gasteiger partial charge in [-0.3, -0.25) is 29.8 Å². The number of nitrogens with one attached hydrogen (secondary N) is 3. The standard InChI is InChI=1S/C33H33ClF2N8O4/c1-42(20-21-4-2-3-5-28(21)44-17-13-29(45)40-32(44)47)24-11-15-43(16-12-24)30-26(27-10-14-38-41-27)18-22(19-37-30)31(46)39-23-6-8-25(9-7-23)48-33(34,35)36/h2-10,14,18-19,24H,11-13,15-17,20H2,1H3,(H,38,41)(H,39,46)(H,40,45,47). The van der Waals surface area contributed by atoms with E-state index in [9.17, 15) is 23.2 Å². The molecule has 2 saturated heterocycles. The SMILES string of the molecule is CN(Cc1ccccc1N1CCC(=O)NC1=O)C1CCN(c2ncc(C(=O)Nc3ccc(OC(F)(F)Cl)cc3)cc2-c2cc[nH]n2)CC1. The van der Waals surface area contributed by atoms with Crippen molar-refractivity contribution in [2.75, 3.05) is 41.8 Å². The molecule has 4 heterocycles. The number of nitrogens with zero attached hydrogens (tertiary/aromatic N) is 5. The van der Waals surface area contributed by atoms with Gasteiger partial charge < -0.3 is 15.0 Å². The molecule has 4 amide bonds. The lowest BCUT2D eigenvalue weighted by atomic mass is 10.0. The van der Waals surface area contributed by atoms with E-state index < -0.39 is 17.5 Å². The Morgan fingerprint density at radius 1 is 1.10 bits per heavy atom. The number of aromatic amines is 1. The largest absolute Gasteiger partial charge is 0.487 e. The quantitative estimate of drug-likeness (QED) is 0.189. The molecule has 12 nitrogen and oxygen atoms in total. The van der Waals surface area contributed by atoms with Crippen LogP contribution in [0, 0.1) is 0 Å². The summed E-state index contributed by atoms with van der Waals surface area (Å²) >= 11 is 4.82. The van der Waals surface area contributed by atoms with Crippen LogP contribution in [0.25, 0.3) is 11.3 Å². The van der Waals surface area contributed by atoms with Gasteiger partial charge in [0, 0.05) is 79.6 Å². The lowest BCUT2D eigenvalue weighted by Gasteiger charge is -2.38. The number of H-pyrrole nitrogens is 1. The first-order valence-electron chi connectivity index (χ1n) is 15.4. The fourth-order valence-electron chi connectivity index (χ4n) is 5.99. The van der Waals surface area contributed by atoms with Gasteiger partial charge >= 0.3 is 11.6 Å². The predicted octanol–water partition coefficient (Wildman–Crippen LogP) is 5.44. The van der Waals surface area contributed by atoms with Crippen LogP contribution in [0.3, 0.4) is 0 Å². The third-order valence-electron chi connectivity index (χ3n) is 8.39. The summed E-state index contributed by atoms with van der Waals surface area (Å²) in [6.07, 6.45) is 5.18. The Labute approximate surface area is 280 Å². The molecule has 2 aromatic carbocycles. The second kappa shape index (κ2) is 14.0. The Morgan fingerprint density at radius 2 is 1.85 bits per heavy atom. The summed E-state index contributed by atoms with van der Waals surface area (Å²) in [6.45, 7) is 2.42. The maximum atomic E-state index is 13.2. The molecule has 3 N–H and O–H groups in total. The number of hydrogen-bond donors (Lipinski definition) is 3. The summed E-state index contributed by atoms with van der Waals surface area (Å²) in [5, 5.41) is 12.3. The Hall–Kier alpha value is -5.08. The summed E-state index contributed by atoms with van der Waals surface area (Å²) in [7, 11) is 2.07. The van der Waals surface area contributed by atoms with E-state index in [1.807, 2.05) is 30.3 Å². The van der Waals surface area contributed by atoms with E-state index in [0.29, 0.717) is 41.4 Å². The monoisotopic (exact) mass is 678 g/mol. The number of urea groups is 1. The molecule has 0 aliphatic carbocycles. The maximum Gasteiger partial charge on any atom is 0.487 e. The molecule has 2 aliphatic rings. The van der Waals surface area contributed by atoms with Gasteiger partial charge in [-0.2, -0.15) is 5.10 Å². The molecule has 15 heteroatoms. The number of para-hydroxylation sites is 1. The number of pyridine rings is 1. The molecule has 0 unspecified atom stereocenters. The lowest BCUT2D eigenvalue weighted by molar-refractivity contribution is -0.120. The second-order valence-electron chi connectivity index (χ2n) is 11.6. The van der Waals surface area contributed by atoms with E-state index in [1.165, 1.54) is 30.5 Å². The fraction of sp³-hybridized carbons (Fsp3) is 0.303. The average Bonchev–Trinajstić information content (AvgIpc) is 3.61. The number of carbonyl (C=O) groups is 3. The molecule has 0 radical (unpaired) electrons. The summed E-state index contributed by atoms with van der Waals surface area (Å²) in [5.74, 6) is -0.139. The summed E-state index contributed by atoms with van der Waals surface area (Å²) < 4.78 is 30.2. The molecule has 0 saturated carbocycles. The first kappa shape index (κ1) is 32.8. The molecule has 0 spiro atoms. The lowest BCUT2D eigenvalue weighted by Crippen LogP contribution is -2.50. The molecule has 2 fully saturated rings. The number of carbonyl (C=O) groups excluding carboxylic acids is 3. The number of ether oxygens (including phenoxy) is 1. The van der Waals surface area contributed by atoms with Crippen molar-refractivity contribution < 1.29 is 27.9 Å². The molecule has 0 bridgehead atoms. The normalized spacial score (nSPS) is 15.9.